The average Bonchev–Trinajstić information content (AvgIpc) is 2.53. The lowest BCUT2D eigenvalue weighted by Crippen LogP contribution is -2.01. The van der Waals surface area contributed by atoms with E-state index in [4.69, 9.17) is 20.7 Å². The van der Waals surface area contributed by atoms with Crippen molar-refractivity contribution in [2.75, 3.05) is 12.8 Å². The Bertz CT molecular complexity index is 769. The topological polar surface area (TPSA) is 135 Å². The summed E-state index contributed by atoms with van der Waals surface area (Å²) < 4.78 is 5.06. The van der Waals surface area contributed by atoms with Crippen LogP contribution in [0.25, 0.3) is 0 Å². The summed E-state index contributed by atoms with van der Waals surface area (Å²) in [7, 11) is 1.46. The number of carboxylic acids is 2. The van der Waals surface area contributed by atoms with E-state index in [1.54, 1.807) is 18.2 Å². The van der Waals surface area contributed by atoms with Gasteiger partial charge >= 0.3 is 11.9 Å². The van der Waals surface area contributed by atoms with Crippen LogP contribution in [0.3, 0.4) is 0 Å². The first-order chi connectivity index (χ1) is 10.9. The van der Waals surface area contributed by atoms with Crippen LogP contribution in [0, 0.1) is 0 Å². The van der Waals surface area contributed by atoms with Gasteiger partial charge in [-0.05, 0) is 30.3 Å². The van der Waals surface area contributed by atoms with Crippen molar-refractivity contribution in [1.82, 2.24) is 0 Å². The summed E-state index contributed by atoms with van der Waals surface area (Å²) in [6.45, 7) is 0. The molecule has 8 nitrogen and oxygen atoms in total. The number of rotatable bonds is 5. The lowest BCUT2D eigenvalue weighted by molar-refractivity contribution is 0.0696. The minimum atomic E-state index is -1.25. The Hall–Kier alpha value is -3.42. The molecule has 0 aromatic heterocycles. The van der Waals surface area contributed by atoms with Gasteiger partial charge in [0.25, 0.3) is 0 Å². The quantitative estimate of drug-likeness (QED) is 0.573. The lowest BCUT2D eigenvalue weighted by atomic mass is 10.1. The van der Waals surface area contributed by atoms with Crippen molar-refractivity contribution in [2.24, 2.45) is 10.2 Å². The summed E-state index contributed by atoms with van der Waals surface area (Å²) in [5.41, 5.74) is 6.28. The zero-order chi connectivity index (χ0) is 17.0. The molecule has 0 bridgehead atoms. The minimum Gasteiger partial charge on any atom is -0.495 e. The number of carbonyl (C=O) groups is 2. The van der Waals surface area contributed by atoms with Crippen LogP contribution in [0.15, 0.2) is 46.6 Å². The molecule has 0 saturated carbocycles. The van der Waals surface area contributed by atoms with E-state index in [0.717, 1.165) is 6.07 Å². The Labute approximate surface area is 130 Å². The number of carboxylic acid groups (broad SMARTS) is 2. The number of benzene rings is 2. The third-order valence-electron chi connectivity index (χ3n) is 2.91. The van der Waals surface area contributed by atoms with Crippen molar-refractivity contribution < 1.29 is 24.5 Å². The summed E-state index contributed by atoms with van der Waals surface area (Å²) >= 11 is 0. The van der Waals surface area contributed by atoms with Gasteiger partial charge in [0.15, 0.2) is 0 Å². The van der Waals surface area contributed by atoms with Crippen LogP contribution >= 0.6 is 0 Å². The summed E-state index contributed by atoms with van der Waals surface area (Å²) in [4.78, 5) is 22.1. The number of nitrogens with two attached hydrogens (primary N) is 1. The van der Waals surface area contributed by atoms with Crippen LogP contribution in [-0.4, -0.2) is 29.3 Å². The predicted molar refractivity (Wildman–Crippen MR) is 81.9 cm³/mol. The molecule has 118 valence electrons. The molecule has 2 aromatic carbocycles. The largest absolute Gasteiger partial charge is 0.495 e. The van der Waals surface area contributed by atoms with E-state index in [1.807, 2.05) is 0 Å². The van der Waals surface area contributed by atoms with Crippen LogP contribution < -0.4 is 10.5 Å². The maximum Gasteiger partial charge on any atom is 0.335 e. The van der Waals surface area contributed by atoms with E-state index >= 15 is 0 Å². The van der Waals surface area contributed by atoms with Gasteiger partial charge in [0.05, 0.1) is 35.3 Å². The molecule has 0 radical (unpaired) electrons. The highest BCUT2D eigenvalue weighted by Gasteiger charge is 2.11. The second-order valence-corrected chi connectivity index (χ2v) is 4.51. The normalized spacial score (nSPS) is 10.7. The number of methoxy groups -OCH3 is 1. The van der Waals surface area contributed by atoms with Crippen LogP contribution in [0.1, 0.15) is 20.7 Å². The summed E-state index contributed by atoms with van der Waals surface area (Å²) in [6.07, 6.45) is 0. The smallest absolute Gasteiger partial charge is 0.335 e. The van der Waals surface area contributed by atoms with Gasteiger partial charge in [0.1, 0.15) is 5.75 Å². The number of hydrogen-bond acceptors (Lipinski definition) is 6. The molecule has 0 atom stereocenters. The summed E-state index contributed by atoms with van der Waals surface area (Å²) in [6, 6.07) is 8.25. The van der Waals surface area contributed by atoms with Gasteiger partial charge in [-0.1, -0.05) is 0 Å². The molecule has 0 saturated heterocycles. The Balaban J connectivity index is 2.38. The lowest BCUT2D eigenvalue weighted by Gasteiger charge is -2.04. The molecule has 0 fully saturated rings. The molecule has 23 heavy (non-hydrogen) atoms. The molecule has 0 aliphatic carbocycles. The van der Waals surface area contributed by atoms with Gasteiger partial charge < -0.3 is 20.7 Å². The van der Waals surface area contributed by atoms with Gasteiger partial charge in [-0.25, -0.2) is 9.59 Å². The maximum atomic E-state index is 11.0. The van der Waals surface area contributed by atoms with Crippen LogP contribution in [-0.2, 0) is 0 Å². The molecule has 2 rings (SSSR count). The highest BCUT2D eigenvalue weighted by Crippen LogP contribution is 2.28. The van der Waals surface area contributed by atoms with Gasteiger partial charge in [0, 0.05) is 6.07 Å². The Morgan fingerprint density at radius 3 is 2.04 bits per heavy atom. The number of aromatic carboxylic acids is 2. The molecule has 0 aliphatic heterocycles. The number of hydrogen-bond donors (Lipinski definition) is 3. The second kappa shape index (κ2) is 6.56. The monoisotopic (exact) mass is 315 g/mol. The van der Waals surface area contributed by atoms with Gasteiger partial charge in [-0.2, -0.15) is 10.2 Å². The average molecular weight is 315 g/mol. The van der Waals surface area contributed by atoms with Gasteiger partial charge in [-0.3, -0.25) is 0 Å². The Morgan fingerprint density at radius 2 is 1.52 bits per heavy atom. The first-order valence-electron chi connectivity index (χ1n) is 6.37. The number of nitrogen functional groups attached to an aromatic ring is 1. The van der Waals surface area contributed by atoms with E-state index < -0.39 is 11.9 Å². The summed E-state index contributed by atoms with van der Waals surface area (Å²) in [5.74, 6) is -2.08. The molecule has 0 unspecified atom stereocenters. The highest BCUT2D eigenvalue weighted by molar-refractivity contribution is 5.95. The Morgan fingerprint density at radius 1 is 0.957 bits per heavy atom. The predicted octanol–water partition coefficient (Wildman–Crippen LogP) is 3.09. The molecule has 4 N–H and O–H groups in total. The SMILES string of the molecule is COc1cc(N=Nc2cc(C(=O)O)cc(C(=O)O)c2)ccc1N. The first-order valence-corrected chi connectivity index (χ1v) is 6.37. The minimum absolute atomic E-state index is 0.109. The van der Waals surface area contributed by atoms with Crippen molar-refractivity contribution >= 4 is 29.0 Å². The third kappa shape index (κ3) is 3.82. The van der Waals surface area contributed by atoms with E-state index in [9.17, 15) is 9.59 Å². The van der Waals surface area contributed by atoms with E-state index in [-0.39, 0.29) is 16.8 Å². The molecule has 8 heteroatoms. The number of azo groups is 1. The standard InChI is InChI=1S/C15H13N3O5/c1-23-13-7-10(2-3-12(13)16)17-18-11-5-8(14(19)20)4-9(6-11)15(21)22/h2-7H,16H2,1H3,(H,19,20)(H,21,22). The highest BCUT2D eigenvalue weighted by atomic mass is 16.5. The molecule has 0 heterocycles. The van der Waals surface area contributed by atoms with Crippen molar-refractivity contribution in [2.45, 2.75) is 0 Å². The van der Waals surface area contributed by atoms with Crippen LogP contribution in [0.5, 0.6) is 5.75 Å². The number of anilines is 1. The second-order valence-electron chi connectivity index (χ2n) is 4.51. The van der Waals surface area contributed by atoms with E-state index in [0.29, 0.717) is 17.1 Å². The molecular formula is C15H13N3O5. The fourth-order valence-electron chi connectivity index (χ4n) is 1.79. The summed E-state index contributed by atoms with van der Waals surface area (Å²) in [5, 5.41) is 25.8. The van der Waals surface area contributed by atoms with Crippen LogP contribution in [0.4, 0.5) is 17.1 Å². The zero-order valence-electron chi connectivity index (χ0n) is 12.1. The van der Waals surface area contributed by atoms with Crippen molar-refractivity contribution in [3.05, 3.63) is 47.5 Å². The first kappa shape index (κ1) is 16.0. The fourth-order valence-corrected chi connectivity index (χ4v) is 1.79. The maximum absolute atomic E-state index is 11.0. The number of ether oxygens (including phenoxy) is 1. The Kier molecular flexibility index (Phi) is 4.55. The fraction of sp³-hybridized carbons (Fsp3) is 0.0667. The van der Waals surface area contributed by atoms with Crippen LogP contribution in [0.2, 0.25) is 0 Å². The van der Waals surface area contributed by atoms with Crippen molar-refractivity contribution in [3.63, 3.8) is 0 Å². The van der Waals surface area contributed by atoms with Crippen molar-refractivity contribution in [1.29, 1.82) is 0 Å². The van der Waals surface area contributed by atoms with Crippen molar-refractivity contribution in [3.8, 4) is 5.75 Å². The van der Waals surface area contributed by atoms with E-state index in [1.165, 1.54) is 19.2 Å². The van der Waals surface area contributed by atoms with Gasteiger partial charge in [-0.15, -0.1) is 0 Å². The van der Waals surface area contributed by atoms with E-state index in [2.05, 4.69) is 10.2 Å². The molecular weight excluding hydrogens is 302 g/mol. The number of nitrogens with zero attached hydrogens (tertiary/aromatic N) is 2. The third-order valence-corrected chi connectivity index (χ3v) is 2.91. The molecule has 0 aliphatic rings. The molecule has 0 amide bonds. The molecule has 0 spiro atoms. The zero-order valence-corrected chi connectivity index (χ0v) is 12.1. The van der Waals surface area contributed by atoms with Gasteiger partial charge in [0.2, 0.25) is 0 Å². The molecule has 2 aromatic rings.